The molecule has 1 aromatic carbocycles. The van der Waals surface area contributed by atoms with E-state index in [0.29, 0.717) is 11.4 Å². The van der Waals surface area contributed by atoms with E-state index >= 15 is 0 Å². The molecule has 0 aliphatic rings. The van der Waals surface area contributed by atoms with Gasteiger partial charge in [-0.15, -0.1) is 0 Å². The van der Waals surface area contributed by atoms with Crippen molar-refractivity contribution in [1.29, 1.82) is 0 Å². The molecule has 0 saturated carbocycles. The summed E-state index contributed by atoms with van der Waals surface area (Å²) < 4.78 is 5.58. The molecule has 2 aromatic rings. The highest BCUT2D eigenvalue weighted by atomic mass is 28.4. The predicted molar refractivity (Wildman–Crippen MR) is 92.2 cm³/mol. The van der Waals surface area contributed by atoms with Gasteiger partial charge in [-0.1, -0.05) is 12.1 Å². The van der Waals surface area contributed by atoms with Crippen LogP contribution in [-0.4, -0.2) is 19.3 Å². The third-order valence-electron chi connectivity index (χ3n) is 3.28. The number of aryl methyl sites for hydroxylation is 1. The van der Waals surface area contributed by atoms with Gasteiger partial charge < -0.3 is 9.74 Å². The summed E-state index contributed by atoms with van der Waals surface area (Å²) in [4.78, 5) is 16.7. The normalized spacial score (nSPS) is 11.1. The zero-order chi connectivity index (χ0) is 16.3. The number of aromatic nitrogens is 1. The van der Waals surface area contributed by atoms with Gasteiger partial charge in [-0.3, -0.25) is 0 Å². The minimum atomic E-state index is -1.94. The van der Waals surface area contributed by atoms with Gasteiger partial charge in [-0.25, -0.2) is 9.78 Å². The van der Waals surface area contributed by atoms with Gasteiger partial charge in [0.2, 0.25) is 8.32 Å². The maximum atomic E-state index is 12.4. The van der Waals surface area contributed by atoms with E-state index in [0.717, 1.165) is 11.3 Å². The quantitative estimate of drug-likeness (QED) is 0.848. The van der Waals surface area contributed by atoms with Gasteiger partial charge in [0.25, 0.3) is 0 Å². The molecule has 0 fully saturated rings. The highest BCUT2D eigenvalue weighted by molar-refractivity contribution is 6.71. The second-order valence-electron chi connectivity index (χ2n) is 6.27. The average molecular weight is 314 g/mol. The minimum Gasteiger partial charge on any atom is -0.516 e. The lowest BCUT2D eigenvalue weighted by molar-refractivity contribution is 0.0725. The van der Waals surface area contributed by atoms with Crippen molar-refractivity contribution < 1.29 is 9.22 Å². The molecule has 0 spiro atoms. The van der Waals surface area contributed by atoms with Crippen LogP contribution in [0.3, 0.4) is 0 Å². The van der Waals surface area contributed by atoms with E-state index < -0.39 is 8.32 Å². The Labute approximate surface area is 132 Å². The molecular weight excluding hydrogens is 292 g/mol. The topological polar surface area (TPSA) is 51.2 Å². The van der Waals surface area contributed by atoms with Crippen LogP contribution in [0.4, 0.5) is 11.5 Å². The van der Waals surface area contributed by atoms with Crippen molar-refractivity contribution in [2.75, 3.05) is 5.32 Å². The number of anilines is 2. The lowest BCUT2D eigenvalue weighted by atomic mass is 10.1. The van der Waals surface area contributed by atoms with Gasteiger partial charge in [0.05, 0.1) is 0 Å². The van der Waals surface area contributed by atoms with E-state index in [1.807, 2.05) is 38.7 Å². The summed E-state index contributed by atoms with van der Waals surface area (Å²) >= 11 is 0. The molecule has 0 bridgehead atoms. The van der Waals surface area contributed by atoms with Gasteiger partial charge in [-0.05, 0) is 62.8 Å². The molecule has 22 heavy (non-hydrogen) atoms. The van der Waals surface area contributed by atoms with Crippen molar-refractivity contribution in [3.63, 3.8) is 0 Å². The van der Waals surface area contributed by atoms with Crippen LogP contribution in [0.2, 0.25) is 19.6 Å². The van der Waals surface area contributed by atoms with Crippen LogP contribution in [0.25, 0.3) is 0 Å². The van der Waals surface area contributed by atoms with Crippen LogP contribution in [0.1, 0.15) is 21.5 Å². The Bertz CT molecular complexity index is 693. The summed E-state index contributed by atoms with van der Waals surface area (Å²) in [6.07, 6.45) is 1.67. The average Bonchev–Trinajstić information content (AvgIpc) is 2.42. The molecule has 0 aliphatic heterocycles. The first-order valence-corrected chi connectivity index (χ1v) is 10.7. The van der Waals surface area contributed by atoms with Gasteiger partial charge in [0, 0.05) is 11.9 Å². The molecule has 1 aromatic heterocycles. The fourth-order valence-electron chi connectivity index (χ4n) is 2.02. The van der Waals surface area contributed by atoms with E-state index in [9.17, 15) is 4.79 Å². The lowest BCUT2D eigenvalue weighted by Crippen LogP contribution is -2.29. The Morgan fingerprint density at radius 2 is 1.86 bits per heavy atom. The number of pyridine rings is 1. The van der Waals surface area contributed by atoms with Crippen molar-refractivity contribution in [2.24, 2.45) is 0 Å². The van der Waals surface area contributed by atoms with Crippen LogP contribution in [-0.2, 0) is 4.43 Å². The third-order valence-corrected chi connectivity index (χ3v) is 4.08. The van der Waals surface area contributed by atoms with Crippen LogP contribution in [0.5, 0.6) is 0 Å². The standard InChI is InChI=1S/C17H22N2O2Si/c1-12-8-6-10-15(13(12)2)19-16-14(9-7-11-18-16)17(20)21-22(3,4)5/h6-11H,1-5H3,(H,18,19). The summed E-state index contributed by atoms with van der Waals surface area (Å²) in [5.41, 5.74) is 3.73. The first kappa shape index (κ1) is 16.2. The number of carbonyl (C=O) groups is 1. The molecule has 1 heterocycles. The van der Waals surface area contributed by atoms with E-state index in [2.05, 4.69) is 23.3 Å². The van der Waals surface area contributed by atoms with Crippen LogP contribution in [0.15, 0.2) is 36.5 Å². The van der Waals surface area contributed by atoms with E-state index in [1.165, 1.54) is 5.56 Å². The molecule has 116 valence electrons. The first-order chi connectivity index (χ1) is 10.3. The Balaban J connectivity index is 2.33. The maximum Gasteiger partial charge on any atom is 0.328 e. The van der Waals surface area contributed by atoms with Gasteiger partial charge >= 0.3 is 5.97 Å². The molecule has 0 radical (unpaired) electrons. The van der Waals surface area contributed by atoms with Gasteiger partial charge in [0.15, 0.2) is 0 Å². The molecule has 0 amide bonds. The summed E-state index contributed by atoms with van der Waals surface area (Å²) in [5, 5.41) is 3.25. The number of carbonyl (C=O) groups excluding carboxylic acids is 1. The van der Waals surface area contributed by atoms with E-state index in [4.69, 9.17) is 4.43 Å². The van der Waals surface area contributed by atoms with E-state index in [1.54, 1.807) is 18.3 Å². The van der Waals surface area contributed by atoms with Gasteiger partial charge in [0.1, 0.15) is 11.4 Å². The zero-order valence-corrected chi connectivity index (χ0v) is 14.7. The van der Waals surface area contributed by atoms with Crippen molar-refractivity contribution in [2.45, 2.75) is 33.5 Å². The first-order valence-electron chi connectivity index (χ1n) is 7.29. The SMILES string of the molecule is Cc1cccc(Nc2ncccc2C(=O)O[Si](C)(C)C)c1C. The summed E-state index contributed by atoms with van der Waals surface area (Å²) in [5.74, 6) is 0.208. The number of hydrogen-bond donors (Lipinski definition) is 1. The second kappa shape index (κ2) is 6.32. The molecule has 2 rings (SSSR count). The Morgan fingerprint density at radius 3 is 2.55 bits per heavy atom. The molecule has 5 heteroatoms. The Hall–Kier alpha value is -2.14. The van der Waals surface area contributed by atoms with Crippen molar-refractivity contribution in [3.05, 3.63) is 53.2 Å². The fraction of sp³-hybridized carbons (Fsp3) is 0.294. The molecule has 1 N–H and O–H groups in total. The highest BCUT2D eigenvalue weighted by Gasteiger charge is 2.23. The van der Waals surface area contributed by atoms with Crippen molar-refractivity contribution in [3.8, 4) is 0 Å². The highest BCUT2D eigenvalue weighted by Crippen LogP contribution is 2.24. The molecule has 0 atom stereocenters. The maximum absolute atomic E-state index is 12.4. The third kappa shape index (κ3) is 3.95. The van der Waals surface area contributed by atoms with Crippen LogP contribution in [0, 0.1) is 13.8 Å². The molecular formula is C17H22N2O2Si. The summed E-state index contributed by atoms with van der Waals surface area (Å²) in [6.45, 7) is 10.1. The predicted octanol–water partition coefficient (Wildman–Crippen LogP) is 4.43. The lowest BCUT2D eigenvalue weighted by Gasteiger charge is -2.19. The molecule has 0 unspecified atom stereocenters. The van der Waals surface area contributed by atoms with Crippen molar-refractivity contribution in [1.82, 2.24) is 4.98 Å². The Kier molecular flexibility index (Phi) is 4.66. The van der Waals surface area contributed by atoms with Crippen LogP contribution >= 0.6 is 0 Å². The molecule has 4 nitrogen and oxygen atoms in total. The summed E-state index contributed by atoms with van der Waals surface area (Å²) in [6, 6.07) is 9.50. The largest absolute Gasteiger partial charge is 0.516 e. The number of nitrogens with one attached hydrogen (secondary N) is 1. The monoisotopic (exact) mass is 314 g/mol. The molecule has 0 aliphatic carbocycles. The fourth-order valence-corrected chi connectivity index (χ4v) is 2.68. The summed E-state index contributed by atoms with van der Waals surface area (Å²) in [7, 11) is -1.94. The van der Waals surface area contributed by atoms with Gasteiger partial charge in [-0.2, -0.15) is 0 Å². The zero-order valence-electron chi connectivity index (χ0n) is 13.7. The minimum absolute atomic E-state index is 0.319. The number of rotatable bonds is 4. The second-order valence-corrected chi connectivity index (χ2v) is 10.7. The Morgan fingerprint density at radius 1 is 1.14 bits per heavy atom. The van der Waals surface area contributed by atoms with E-state index in [-0.39, 0.29) is 5.97 Å². The smallest absolute Gasteiger partial charge is 0.328 e. The number of hydrogen-bond acceptors (Lipinski definition) is 4. The number of nitrogens with zero attached hydrogens (tertiary/aromatic N) is 1. The molecule has 0 saturated heterocycles. The number of benzene rings is 1. The van der Waals surface area contributed by atoms with Crippen LogP contribution < -0.4 is 5.32 Å². The van der Waals surface area contributed by atoms with Crippen molar-refractivity contribution >= 4 is 25.8 Å².